The Kier molecular flexibility index (Phi) is 1.34. The quantitative estimate of drug-likeness (QED) is 0.678. The van der Waals surface area contributed by atoms with E-state index in [9.17, 15) is 0 Å². The van der Waals surface area contributed by atoms with E-state index in [0.29, 0.717) is 9.94 Å². The summed E-state index contributed by atoms with van der Waals surface area (Å²) in [4.78, 5) is 0.700. The van der Waals surface area contributed by atoms with Gasteiger partial charge in [-0.25, -0.2) is 0 Å². The van der Waals surface area contributed by atoms with Gasteiger partial charge in [0.05, 0.1) is 4.01 Å². The molecule has 11 heavy (non-hydrogen) atoms. The lowest BCUT2D eigenvalue weighted by Crippen LogP contribution is -1.53. The Labute approximate surface area is 70.9 Å². The first-order chi connectivity index (χ1) is 5.29. The molecule has 0 atom stereocenters. The minimum absolute atomic E-state index is 0.315. The third-order valence-corrected chi connectivity index (χ3v) is 3.41. The molecule has 0 saturated heterocycles. The predicted molar refractivity (Wildman–Crippen MR) is 46.1 cm³/mol. The summed E-state index contributed by atoms with van der Waals surface area (Å²) in [6.45, 7) is 0. The van der Waals surface area contributed by atoms with Gasteiger partial charge in [0.25, 0.3) is 0 Å². The van der Waals surface area contributed by atoms with Crippen LogP contribution in [-0.4, -0.2) is 5.11 Å². The summed E-state index contributed by atoms with van der Waals surface area (Å²) in [6, 6.07) is 5.53. The minimum Gasteiger partial charge on any atom is -0.499 e. The highest BCUT2D eigenvalue weighted by molar-refractivity contribution is 7.39. The molecule has 0 aliphatic heterocycles. The van der Waals surface area contributed by atoms with Crippen LogP contribution in [0.15, 0.2) is 12.1 Å². The van der Waals surface area contributed by atoms with Crippen molar-refractivity contribution in [3.05, 3.63) is 17.0 Å². The van der Waals surface area contributed by atoms with Crippen LogP contribution in [0.4, 0.5) is 0 Å². The average Bonchev–Trinajstić information content (AvgIpc) is 2.43. The molecule has 2 heterocycles. The van der Waals surface area contributed by atoms with Crippen LogP contribution in [0.2, 0.25) is 0 Å². The molecule has 0 saturated carbocycles. The second-order valence-corrected chi connectivity index (χ2v) is 4.39. The molecule has 2 aromatic heterocycles. The van der Waals surface area contributed by atoms with E-state index in [4.69, 9.17) is 10.4 Å². The van der Waals surface area contributed by atoms with Crippen molar-refractivity contribution < 1.29 is 5.11 Å². The molecule has 4 heteroatoms. The number of nitriles is 1. The smallest absolute Gasteiger partial charge is 0.173 e. The number of fused-ring (bicyclic) bond motifs is 1. The second kappa shape index (κ2) is 2.22. The Morgan fingerprint density at radius 1 is 1.36 bits per heavy atom. The third-order valence-electron chi connectivity index (χ3n) is 1.31. The van der Waals surface area contributed by atoms with E-state index in [2.05, 4.69) is 6.07 Å². The molecule has 0 aliphatic rings. The summed E-state index contributed by atoms with van der Waals surface area (Å²) >= 11 is 2.73. The van der Waals surface area contributed by atoms with Gasteiger partial charge in [0, 0.05) is 11.5 Å². The zero-order valence-electron chi connectivity index (χ0n) is 5.37. The van der Waals surface area contributed by atoms with Crippen molar-refractivity contribution in [3.63, 3.8) is 0 Å². The standard InChI is InChI=1S/C7H3NOS2/c8-3-5-1-4-2-6(9)11-7(4)10-5/h1-2,9H. The van der Waals surface area contributed by atoms with Gasteiger partial charge in [-0.2, -0.15) is 5.26 Å². The molecule has 0 aliphatic carbocycles. The van der Waals surface area contributed by atoms with E-state index in [1.54, 1.807) is 12.1 Å². The number of thiophene rings is 2. The summed E-state index contributed by atoms with van der Waals surface area (Å²) in [5.41, 5.74) is 0. The second-order valence-electron chi connectivity index (χ2n) is 2.05. The van der Waals surface area contributed by atoms with Crippen molar-refractivity contribution in [2.45, 2.75) is 0 Å². The third kappa shape index (κ3) is 0.985. The number of nitrogens with zero attached hydrogens (tertiary/aromatic N) is 1. The van der Waals surface area contributed by atoms with Crippen LogP contribution in [0.5, 0.6) is 5.06 Å². The first-order valence-electron chi connectivity index (χ1n) is 2.92. The molecule has 0 spiro atoms. The summed E-state index contributed by atoms with van der Waals surface area (Å²) in [7, 11) is 0. The van der Waals surface area contributed by atoms with E-state index in [1.165, 1.54) is 22.7 Å². The van der Waals surface area contributed by atoms with E-state index in [-0.39, 0.29) is 0 Å². The highest BCUT2D eigenvalue weighted by atomic mass is 32.2. The van der Waals surface area contributed by atoms with E-state index in [0.717, 1.165) is 9.40 Å². The van der Waals surface area contributed by atoms with Crippen LogP contribution in [0.25, 0.3) is 9.40 Å². The maximum atomic E-state index is 9.05. The van der Waals surface area contributed by atoms with Crippen molar-refractivity contribution in [2.75, 3.05) is 0 Å². The molecule has 0 radical (unpaired) electrons. The van der Waals surface area contributed by atoms with Gasteiger partial charge in [0.15, 0.2) is 5.06 Å². The first-order valence-corrected chi connectivity index (χ1v) is 4.55. The monoisotopic (exact) mass is 181 g/mol. The van der Waals surface area contributed by atoms with E-state index in [1.807, 2.05) is 0 Å². The Hall–Kier alpha value is -1.05. The SMILES string of the molecule is N#Cc1cc2cc(O)sc2s1. The maximum absolute atomic E-state index is 9.05. The van der Waals surface area contributed by atoms with Crippen LogP contribution in [0, 0.1) is 11.3 Å². The Bertz CT molecular complexity index is 403. The van der Waals surface area contributed by atoms with E-state index < -0.39 is 0 Å². The summed E-state index contributed by atoms with van der Waals surface area (Å²) < 4.78 is 1.01. The van der Waals surface area contributed by atoms with Crippen molar-refractivity contribution in [2.24, 2.45) is 0 Å². The van der Waals surface area contributed by atoms with Gasteiger partial charge < -0.3 is 5.11 Å². The number of rotatable bonds is 0. The fraction of sp³-hybridized carbons (Fsp3) is 0. The number of hydrogen-bond acceptors (Lipinski definition) is 4. The largest absolute Gasteiger partial charge is 0.499 e. The first kappa shape index (κ1) is 6.65. The molecular weight excluding hydrogens is 178 g/mol. The Morgan fingerprint density at radius 3 is 2.82 bits per heavy atom. The lowest BCUT2D eigenvalue weighted by Gasteiger charge is -1.73. The fourth-order valence-corrected chi connectivity index (χ4v) is 2.85. The topological polar surface area (TPSA) is 44.0 Å². The van der Waals surface area contributed by atoms with Crippen LogP contribution < -0.4 is 0 Å². The van der Waals surface area contributed by atoms with Gasteiger partial charge in [-0.1, -0.05) is 11.3 Å². The lowest BCUT2D eigenvalue weighted by molar-refractivity contribution is 0.491. The van der Waals surface area contributed by atoms with Gasteiger partial charge in [-0.05, 0) is 6.07 Å². The average molecular weight is 181 g/mol. The van der Waals surface area contributed by atoms with Gasteiger partial charge in [0.2, 0.25) is 0 Å². The maximum Gasteiger partial charge on any atom is 0.173 e. The molecule has 2 rings (SSSR count). The van der Waals surface area contributed by atoms with Crippen molar-refractivity contribution in [1.29, 1.82) is 5.26 Å². The molecule has 0 fully saturated rings. The van der Waals surface area contributed by atoms with Gasteiger partial charge >= 0.3 is 0 Å². The Morgan fingerprint density at radius 2 is 2.18 bits per heavy atom. The zero-order valence-corrected chi connectivity index (χ0v) is 7.00. The van der Waals surface area contributed by atoms with Gasteiger partial charge in [-0.3, -0.25) is 0 Å². The van der Waals surface area contributed by atoms with Gasteiger partial charge in [0.1, 0.15) is 10.9 Å². The van der Waals surface area contributed by atoms with Gasteiger partial charge in [-0.15, -0.1) is 11.3 Å². The normalized spacial score (nSPS) is 10.1. The summed E-state index contributed by atoms with van der Waals surface area (Å²) in [5, 5.41) is 18.9. The molecule has 2 aromatic rings. The highest BCUT2D eigenvalue weighted by Crippen LogP contribution is 2.36. The predicted octanol–water partition coefficient (Wildman–Crippen LogP) is 2.54. The summed E-state index contributed by atoms with van der Waals surface area (Å²) in [6.07, 6.45) is 0. The zero-order chi connectivity index (χ0) is 7.84. The van der Waals surface area contributed by atoms with Crippen molar-refractivity contribution in [3.8, 4) is 11.1 Å². The minimum atomic E-state index is 0.315. The molecule has 2 nitrogen and oxygen atoms in total. The molecule has 54 valence electrons. The molecule has 0 unspecified atom stereocenters. The highest BCUT2D eigenvalue weighted by Gasteiger charge is 2.04. The fourth-order valence-electron chi connectivity index (χ4n) is 0.881. The molecule has 0 bridgehead atoms. The van der Waals surface area contributed by atoms with Crippen molar-refractivity contribution in [1.82, 2.24) is 0 Å². The number of hydrogen-bond donors (Lipinski definition) is 1. The number of aromatic hydroxyl groups is 1. The molecule has 1 N–H and O–H groups in total. The molecule has 0 amide bonds. The lowest BCUT2D eigenvalue weighted by atomic mass is 10.4. The van der Waals surface area contributed by atoms with Crippen LogP contribution in [-0.2, 0) is 0 Å². The Balaban J connectivity index is 2.76. The molecular formula is C7H3NOS2. The van der Waals surface area contributed by atoms with Crippen molar-refractivity contribution >= 4 is 32.1 Å². The van der Waals surface area contributed by atoms with Crippen LogP contribution >= 0.6 is 22.7 Å². The van der Waals surface area contributed by atoms with E-state index >= 15 is 0 Å². The molecule has 0 aromatic carbocycles. The van der Waals surface area contributed by atoms with Crippen LogP contribution in [0.3, 0.4) is 0 Å². The van der Waals surface area contributed by atoms with Crippen LogP contribution in [0.1, 0.15) is 4.88 Å². The summed E-state index contributed by atoms with van der Waals surface area (Å²) in [5.74, 6) is 0.